The van der Waals surface area contributed by atoms with Crippen molar-refractivity contribution in [3.8, 4) is 5.69 Å². The van der Waals surface area contributed by atoms with E-state index in [2.05, 4.69) is 51.8 Å². The molecular weight excluding hydrogens is 222 g/mol. The number of rotatable bonds is 2. The molecule has 0 unspecified atom stereocenters. The molecule has 0 spiro atoms. The predicted molar refractivity (Wildman–Crippen MR) is 71.0 cm³/mol. The van der Waals surface area contributed by atoms with E-state index in [1.165, 1.54) is 29.9 Å². The van der Waals surface area contributed by atoms with Crippen molar-refractivity contribution in [2.24, 2.45) is 0 Å². The molecule has 1 saturated carbocycles. The summed E-state index contributed by atoms with van der Waals surface area (Å²) in [5.41, 5.74) is 5.85. The van der Waals surface area contributed by atoms with Crippen LogP contribution >= 0.6 is 0 Å². The first-order valence-electron chi connectivity index (χ1n) is 6.36. The Kier molecular flexibility index (Phi) is 1.92. The third-order valence-corrected chi connectivity index (χ3v) is 3.68. The molecule has 4 rings (SSSR count). The number of nitrogens with one attached hydrogen (secondary N) is 1. The van der Waals surface area contributed by atoms with Crippen LogP contribution in [0.4, 0.5) is 0 Å². The fourth-order valence-electron chi connectivity index (χ4n) is 2.58. The van der Waals surface area contributed by atoms with Gasteiger partial charge in [-0.1, -0.05) is 0 Å². The fourth-order valence-corrected chi connectivity index (χ4v) is 2.58. The molecule has 2 heterocycles. The molecule has 0 saturated heterocycles. The van der Waals surface area contributed by atoms with Gasteiger partial charge in [0.1, 0.15) is 0 Å². The summed E-state index contributed by atoms with van der Waals surface area (Å²) in [4.78, 5) is 7.46. The molecule has 1 aliphatic carbocycles. The van der Waals surface area contributed by atoms with Gasteiger partial charge in [0.15, 0.2) is 0 Å². The normalized spacial score (nSPS) is 15.4. The molecule has 89 valence electrons. The molecule has 1 aromatic carbocycles. The number of aryl methyl sites for hydroxylation is 1. The lowest BCUT2D eigenvalue weighted by molar-refractivity contribution is 0.898. The second-order valence-electron chi connectivity index (χ2n) is 5.01. The van der Waals surface area contributed by atoms with Crippen LogP contribution in [0, 0.1) is 13.0 Å². The standard InChI is InChI=1S/C15H14N3/c1-10-2-7-15(11-3-4-11)18(10)12-5-6-13-14(8-12)17-9-16-13/h5-9,11H,3-4H2,1H3,(H,16,17). The van der Waals surface area contributed by atoms with Gasteiger partial charge in [0, 0.05) is 23.1 Å². The van der Waals surface area contributed by atoms with Gasteiger partial charge in [-0.3, -0.25) is 0 Å². The van der Waals surface area contributed by atoms with E-state index in [1.54, 1.807) is 6.33 Å². The molecule has 3 aromatic rings. The van der Waals surface area contributed by atoms with Gasteiger partial charge in [0.2, 0.25) is 0 Å². The van der Waals surface area contributed by atoms with Crippen LogP contribution in [0.25, 0.3) is 16.7 Å². The largest absolute Gasteiger partial charge is 0.345 e. The molecule has 1 aliphatic rings. The number of imidazole rings is 1. The highest BCUT2D eigenvalue weighted by Crippen LogP contribution is 2.41. The van der Waals surface area contributed by atoms with E-state index in [-0.39, 0.29) is 0 Å². The fraction of sp³-hybridized carbons (Fsp3) is 0.267. The van der Waals surface area contributed by atoms with Gasteiger partial charge in [0.05, 0.1) is 17.4 Å². The van der Waals surface area contributed by atoms with Gasteiger partial charge in [-0.25, -0.2) is 4.98 Å². The smallest absolute Gasteiger partial charge is 0.0931 e. The summed E-state index contributed by atoms with van der Waals surface area (Å²) < 4.78 is 2.31. The highest BCUT2D eigenvalue weighted by Gasteiger charge is 2.27. The zero-order valence-corrected chi connectivity index (χ0v) is 10.3. The quantitative estimate of drug-likeness (QED) is 0.727. The molecule has 0 atom stereocenters. The Morgan fingerprint density at radius 2 is 2.28 bits per heavy atom. The summed E-state index contributed by atoms with van der Waals surface area (Å²) in [6, 6.07) is 11.8. The van der Waals surface area contributed by atoms with Crippen molar-refractivity contribution in [2.45, 2.75) is 25.7 Å². The van der Waals surface area contributed by atoms with Crippen molar-refractivity contribution < 1.29 is 0 Å². The van der Waals surface area contributed by atoms with Crippen LogP contribution in [0.3, 0.4) is 0 Å². The molecule has 1 N–H and O–H groups in total. The van der Waals surface area contributed by atoms with E-state index in [9.17, 15) is 0 Å². The molecule has 0 bridgehead atoms. The van der Waals surface area contributed by atoms with Crippen molar-refractivity contribution in [3.05, 3.63) is 48.0 Å². The average molecular weight is 236 g/mol. The van der Waals surface area contributed by atoms with Gasteiger partial charge in [0.25, 0.3) is 0 Å². The van der Waals surface area contributed by atoms with E-state index < -0.39 is 0 Å². The summed E-state index contributed by atoms with van der Waals surface area (Å²) in [6.07, 6.45) is 4.36. The van der Waals surface area contributed by atoms with Crippen LogP contribution in [0.5, 0.6) is 0 Å². The monoisotopic (exact) mass is 236 g/mol. The zero-order valence-electron chi connectivity index (χ0n) is 10.3. The first-order valence-corrected chi connectivity index (χ1v) is 6.36. The minimum Gasteiger partial charge on any atom is -0.345 e. The highest BCUT2D eigenvalue weighted by molar-refractivity contribution is 5.77. The maximum absolute atomic E-state index is 4.33. The van der Waals surface area contributed by atoms with Gasteiger partial charge in [-0.2, -0.15) is 0 Å². The van der Waals surface area contributed by atoms with Crippen LogP contribution in [0.1, 0.15) is 30.1 Å². The van der Waals surface area contributed by atoms with E-state index in [0.29, 0.717) is 0 Å². The molecular formula is C15H14N3. The van der Waals surface area contributed by atoms with Crippen LogP contribution in [0.2, 0.25) is 0 Å². The van der Waals surface area contributed by atoms with E-state index in [4.69, 9.17) is 0 Å². The summed E-state index contributed by atoms with van der Waals surface area (Å²) in [5, 5.41) is 0. The first kappa shape index (κ1) is 9.95. The first-order chi connectivity index (χ1) is 8.83. The SMILES string of the molecule is Cc1[c]cc(C2CC2)n1-c1ccc2[nH]cnc2c1. The van der Waals surface area contributed by atoms with Crippen molar-refractivity contribution in [3.63, 3.8) is 0 Å². The van der Waals surface area contributed by atoms with Gasteiger partial charge in [-0.05, 0) is 49.9 Å². The second-order valence-corrected chi connectivity index (χ2v) is 5.01. The Morgan fingerprint density at radius 1 is 1.39 bits per heavy atom. The van der Waals surface area contributed by atoms with Crippen LogP contribution in [-0.4, -0.2) is 14.5 Å². The number of H-pyrrole nitrogens is 1. The molecule has 1 radical (unpaired) electrons. The molecule has 2 aromatic heterocycles. The number of benzene rings is 1. The van der Waals surface area contributed by atoms with Crippen molar-refractivity contribution in [2.75, 3.05) is 0 Å². The Labute approximate surface area is 105 Å². The molecule has 18 heavy (non-hydrogen) atoms. The molecule has 3 nitrogen and oxygen atoms in total. The Morgan fingerprint density at radius 3 is 3.11 bits per heavy atom. The molecule has 3 heteroatoms. The lowest BCUT2D eigenvalue weighted by Crippen LogP contribution is -2.00. The highest BCUT2D eigenvalue weighted by atomic mass is 15.0. The van der Waals surface area contributed by atoms with Crippen LogP contribution in [-0.2, 0) is 0 Å². The molecule has 1 fully saturated rings. The number of fused-ring (bicyclic) bond motifs is 1. The van der Waals surface area contributed by atoms with E-state index in [0.717, 1.165) is 17.0 Å². The topological polar surface area (TPSA) is 33.6 Å². The zero-order chi connectivity index (χ0) is 12.1. The minimum atomic E-state index is 0.727. The molecule has 0 amide bonds. The average Bonchev–Trinajstić information content (AvgIpc) is 2.99. The summed E-state index contributed by atoms with van der Waals surface area (Å²) in [7, 11) is 0. The maximum atomic E-state index is 4.33. The number of aromatic nitrogens is 3. The Bertz CT molecular complexity index is 716. The van der Waals surface area contributed by atoms with Crippen LogP contribution < -0.4 is 0 Å². The Balaban J connectivity index is 1.92. The number of aromatic amines is 1. The Hall–Kier alpha value is -2.03. The van der Waals surface area contributed by atoms with Crippen molar-refractivity contribution in [1.82, 2.24) is 14.5 Å². The van der Waals surface area contributed by atoms with Crippen LogP contribution in [0.15, 0.2) is 30.6 Å². The summed E-state index contributed by atoms with van der Waals surface area (Å²) in [5.74, 6) is 0.727. The number of nitrogens with zero attached hydrogens (tertiary/aromatic N) is 2. The van der Waals surface area contributed by atoms with Crippen molar-refractivity contribution in [1.29, 1.82) is 0 Å². The third-order valence-electron chi connectivity index (χ3n) is 3.68. The number of hydrogen-bond acceptors (Lipinski definition) is 1. The second kappa shape index (κ2) is 3.48. The summed E-state index contributed by atoms with van der Waals surface area (Å²) in [6.45, 7) is 2.11. The van der Waals surface area contributed by atoms with Crippen molar-refractivity contribution >= 4 is 11.0 Å². The van der Waals surface area contributed by atoms with E-state index >= 15 is 0 Å². The van der Waals surface area contributed by atoms with E-state index in [1.807, 2.05) is 0 Å². The third kappa shape index (κ3) is 1.40. The van der Waals surface area contributed by atoms with Gasteiger partial charge >= 0.3 is 0 Å². The molecule has 0 aliphatic heterocycles. The predicted octanol–water partition coefficient (Wildman–Crippen LogP) is 3.34. The van der Waals surface area contributed by atoms with Gasteiger partial charge in [-0.15, -0.1) is 0 Å². The lowest BCUT2D eigenvalue weighted by atomic mass is 10.2. The minimum absolute atomic E-state index is 0.727. The summed E-state index contributed by atoms with van der Waals surface area (Å²) >= 11 is 0. The maximum Gasteiger partial charge on any atom is 0.0931 e. The van der Waals surface area contributed by atoms with Gasteiger partial charge < -0.3 is 9.55 Å². The lowest BCUT2D eigenvalue weighted by Gasteiger charge is -2.11. The number of hydrogen-bond donors (Lipinski definition) is 1.